The number of rotatable bonds is 4. The lowest BCUT2D eigenvalue weighted by atomic mass is 10.2. The number of hydrogen-bond donors (Lipinski definition) is 0. The molecule has 84 valence electrons. The van der Waals surface area contributed by atoms with Crippen molar-refractivity contribution in [2.24, 2.45) is 0 Å². The minimum atomic E-state index is -0.499. The van der Waals surface area contributed by atoms with E-state index in [4.69, 9.17) is 9.47 Å². The molecule has 17 heavy (non-hydrogen) atoms. The number of carbonyl (C=O) groups is 1. The highest BCUT2D eigenvalue weighted by Gasteiger charge is 2.07. The molecular weight excluding hydrogens is 216 g/mol. The number of para-hydroxylation sites is 1. The van der Waals surface area contributed by atoms with Crippen LogP contribution in [0.25, 0.3) is 0 Å². The van der Waals surface area contributed by atoms with Crippen molar-refractivity contribution in [2.75, 3.05) is 0 Å². The van der Waals surface area contributed by atoms with Crippen LogP contribution in [0.15, 0.2) is 60.7 Å². The zero-order valence-corrected chi connectivity index (χ0v) is 9.00. The summed E-state index contributed by atoms with van der Waals surface area (Å²) < 4.78 is 9.73. The van der Waals surface area contributed by atoms with Crippen LogP contribution in [-0.4, -0.2) is 5.97 Å². The van der Waals surface area contributed by atoms with Crippen molar-refractivity contribution in [2.45, 2.75) is 0 Å². The van der Waals surface area contributed by atoms with Gasteiger partial charge in [-0.25, -0.2) is 4.79 Å². The Morgan fingerprint density at radius 2 is 1.47 bits per heavy atom. The highest BCUT2D eigenvalue weighted by atomic mass is 16.7. The molecule has 2 rings (SSSR count). The lowest BCUT2D eigenvalue weighted by Crippen LogP contribution is -2.05. The molecule has 3 heteroatoms. The Kier molecular flexibility index (Phi) is 3.76. The number of esters is 1. The highest BCUT2D eigenvalue weighted by Crippen LogP contribution is 2.10. The Balaban J connectivity index is 1.82. The molecule has 0 aliphatic heterocycles. The highest BCUT2D eigenvalue weighted by molar-refractivity contribution is 5.89. The summed E-state index contributed by atoms with van der Waals surface area (Å²) in [6, 6.07) is 17.6. The van der Waals surface area contributed by atoms with E-state index in [0.29, 0.717) is 11.3 Å². The molecule has 0 heterocycles. The van der Waals surface area contributed by atoms with Gasteiger partial charge in [-0.05, 0) is 24.3 Å². The van der Waals surface area contributed by atoms with Crippen molar-refractivity contribution < 1.29 is 14.3 Å². The van der Waals surface area contributed by atoms with E-state index in [1.54, 1.807) is 36.4 Å². The maximum atomic E-state index is 11.5. The Hall–Kier alpha value is -2.29. The minimum Gasteiger partial charge on any atom is -0.439 e. The number of hydrogen-bond acceptors (Lipinski definition) is 3. The van der Waals surface area contributed by atoms with Crippen LogP contribution in [0.3, 0.4) is 0 Å². The van der Waals surface area contributed by atoms with Crippen LogP contribution in [0.5, 0.6) is 5.75 Å². The summed E-state index contributed by atoms with van der Waals surface area (Å²) in [5.41, 5.74) is 0.455. The van der Waals surface area contributed by atoms with Crippen LogP contribution in [-0.2, 0) is 4.74 Å². The maximum Gasteiger partial charge on any atom is 0.430 e. The fourth-order valence-corrected chi connectivity index (χ4v) is 1.23. The lowest BCUT2D eigenvalue weighted by molar-refractivity contribution is 0.0439. The third-order valence-electron chi connectivity index (χ3n) is 2.05. The molecule has 0 saturated heterocycles. The first-order valence-electron chi connectivity index (χ1n) is 5.09. The first-order chi connectivity index (χ1) is 8.36. The molecule has 0 amide bonds. The summed E-state index contributed by atoms with van der Waals surface area (Å²) in [5.74, 6) is 0.0647. The van der Waals surface area contributed by atoms with Crippen LogP contribution < -0.4 is 4.74 Å². The van der Waals surface area contributed by atoms with E-state index in [2.05, 4.69) is 6.79 Å². The molecule has 0 aromatic heterocycles. The molecule has 2 aromatic rings. The average molecular weight is 226 g/mol. The van der Waals surface area contributed by atoms with E-state index in [0.717, 1.165) is 0 Å². The van der Waals surface area contributed by atoms with Crippen molar-refractivity contribution in [1.82, 2.24) is 0 Å². The number of benzene rings is 2. The molecule has 0 aliphatic rings. The fourth-order valence-electron chi connectivity index (χ4n) is 1.23. The Morgan fingerprint density at radius 3 is 2.12 bits per heavy atom. The van der Waals surface area contributed by atoms with E-state index in [9.17, 15) is 4.79 Å². The number of ether oxygens (including phenoxy) is 2. The normalized spacial score (nSPS) is 9.65. The Labute approximate surface area is 99.6 Å². The van der Waals surface area contributed by atoms with Gasteiger partial charge in [0.15, 0.2) is 0 Å². The van der Waals surface area contributed by atoms with Crippen molar-refractivity contribution in [3.63, 3.8) is 0 Å². The summed E-state index contributed by atoms with van der Waals surface area (Å²) in [5, 5.41) is 0. The standard InChI is InChI=1S/C14H10O3/c15-14(12-7-3-1-4-8-12)17-11-16-13-9-5-2-6-10-13/h1-10H. The average Bonchev–Trinajstić information content (AvgIpc) is 2.41. The van der Waals surface area contributed by atoms with Gasteiger partial charge in [0.1, 0.15) is 5.75 Å². The van der Waals surface area contributed by atoms with Gasteiger partial charge in [-0.15, -0.1) is 0 Å². The maximum absolute atomic E-state index is 11.5. The Morgan fingerprint density at radius 1 is 0.882 bits per heavy atom. The molecule has 2 radical (unpaired) electrons. The van der Waals surface area contributed by atoms with Crippen molar-refractivity contribution in [1.29, 1.82) is 0 Å². The van der Waals surface area contributed by atoms with Gasteiger partial charge in [0.25, 0.3) is 0 Å². The van der Waals surface area contributed by atoms with Crippen molar-refractivity contribution >= 4 is 5.97 Å². The molecular formula is C14H10O3. The van der Waals surface area contributed by atoms with Crippen LogP contribution in [0.4, 0.5) is 0 Å². The molecule has 0 unspecified atom stereocenters. The van der Waals surface area contributed by atoms with Crippen LogP contribution in [0.1, 0.15) is 10.4 Å². The Bertz CT molecular complexity index is 465. The molecule has 0 fully saturated rings. The van der Waals surface area contributed by atoms with Crippen LogP contribution in [0.2, 0.25) is 0 Å². The number of carbonyl (C=O) groups excluding carboxylic acids is 1. The molecule has 0 spiro atoms. The van der Waals surface area contributed by atoms with E-state index in [1.807, 2.05) is 24.3 Å². The third-order valence-corrected chi connectivity index (χ3v) is 2.05. The third kappa shape index (κ3) is 3.34. The predicted molar refractivity (Wildman–Crippen MR) is 62.2 cm³/mol. The summed E-state index contributed by atoms with van der Waals surface area (Å²) in [7, 11) is 0. The second-order valence-corrected chi connectivity index (χ2v) is 3.25. The monoisotopic (exact) mass is 226 g/mol. The minimum absolute atomic E-state index is 0.455. The summed E-state index contributed by atoms with van der Waals surface area (Å²) in [4.78, 5) is 11.5. The van der Waals surface area contributed by atoms with Gasteiger partial charge in [0, 0.05) is 0 Å². The van der Waals surface area contributed by atoms with Crippen LogP contribution >= 0.6 is 0 Å². The molecule has 0 atom stereocenters. The van der Waals surface area contributed by atoms with Gasteiger partial charge in [0.05, 0.1) is 5.56 Å². The summed E-state index contributed by atoms with van der Waals surface area (Å²) in [6.07, 6.45) is 0. The largest absolute Gasteiger partial charge is 0.439 e. The van der Waals surface area contributed by atoms with Gasteiger partial charge in [0.2, 0.25) is 0 Å². The zero-order chi connectivity index (χ0) is 11.9. The molecule has 2 aromatic carbocycles. The first kappa shape index (κ1) is 11.2. The van der Waals surface area contributed by atoms with Gasteiger partial charge < -0.3 is 9.47 Å². The summed E-state index contributed by atoms with van der Waals surface area (Å²) >= 11 is 0. The van der Waals surface area contributed by atoms with Crippen LogP contribution in [0, 0.1) is 6.79 Å². The van der Waals surface area contributed by atoms with Gasteiger partial charge >= 0.3 is 12.8 Å². The molecule has 0 aliphatic carbocycles. The van der Waals surface area contributed by atoms with E-state index in [-0.39, 0.29) is 0 Å². The van der Waals surface area contributed by atoms with E-state index in [1.165, 1.54) is 0 Å². The van der Waals surface area contributed by atoms with E-state index < -0.39 is 5.97 Å². The van der Waals surface area contributed by atoms with Gasteiger partial charge in [-0.1, -0.05) is 36.4 Å². The van der Waals surface area contributed by atoms with E-state index >= 15 is 0 Å². The second-order valence-electron chi connectivity index (χ2n) is 3.25. The quantitative estimate of drug-likeness (QED) is 0.752. The van der Waals surface area contributed by atoms with Gasteiger partial charge in [-0.2, -0.15) is 0 Å². The van der Waals surface area contributed by atoms with Gasteiger partial charge in [-0.3, -0.25) is 0 Å². The second kappa shape index (κ2) is 5.70. The SMILES string of the molecule is O=C(O[C]Oc1ccccc1)c1ccccc1. The summed E-state index contributed by atoms with van der Waals surface area (Å²) in [6.45, 7) is 2.15. The van der Waals surface area contributed by atoms with Crippen molar-refractivity contribution in [3.05, 3.63) is 73.0 Å². The predicted octanol–water partition coefficient (Wildman–Crippen LogP) is 2.92. The molecule has 3 nitrogen and oxygen atoms in total. The molecule has 0 saturated carbocycles. The first-order valence-corrected chi connectivity index (χ1v) is 5.09. The zero-order valence-electron chi connectivity index (χ0n) is 9.00. The van der Waals surface area contributed by atoms with Crippen molar-refractivity contribution in [3.8, 4) is 5.75 Å². The molecule has 0 bridgehead atoms. The topological polar surface area (TPSA) is 35.5 Å². The lowest BCUT2D eigenvalue weighted by Gasteiger charge is -2.03. The molecule has 0 N–H and O–H groups in total. The smallest absolute Gasteiger partial charge is 0.430 e. The fraction of sp³-hybridized carbons (Fsp3) is 0.